The first-order valence-electron chi connectivity index (χ1n) is 8.62. The SMILES string of the molecule is Cc1ccc(S(=O)(=O)Nc2ccc(-c3cccc(C(F)(F)F)c3)cc2)cc1C(=O)O. The third-order valence-electron chi connectivity index (χ3n) is 4.41. The van der Waals surface area contributed by atoms with Gasteiger partial charge in [-0.05, 0) is 60.0 Å². The predicted octanol–water partition coefficient (Wildman–Crippen LogP) is 5.18. The Labute approximate surface area is 170 Å². The standard InChI is InChI=1S/C21H16F3NO4S/c1-13-5-10-18(12-19(13)20(26)27)30(28,29)25-17-8-6-14(7-9-17)15-3-2-4-16(11-15)21(22,23)24/h2-12,25H,1H3,(H,26,27). The Bertz CT molecular complexity index is 1200. The molecule has 0 saturated heterocycles. The Hall–Kier alpha value is -3.33. The lowest BCUT2D eigenvalue weighted by Gasteiger charge is -2.11. The zero-order chi connectivity index (χ0) is 22.1. The molecule has 0 aliphatic carbocycles. The predicted molar refractivity (Wildman–Crippen MR) is 106 cm³/mol. The van der Waals surface area contributed by atoms with Gasteiger partial charge in [0.2, 0.25) is 0 Å². The zero-order valence-electron chi connectivity index (χ0n) is 15.6. The number of aromatic carboxylic acids is 1. The summed E-state index contributed by atoms with van der Waals surface area (Å²) in [6, 6.07) is 14.4. The van der Waals surface area contributed by atoms with Crippen LogP contribution in [0.25, 0.3) is 11.1 Å². The van der Waals surface area contributed by atoms with E-state index in [0.29, 0.717) is 16.7 Å². The molecule has 156 valence electrons. The van der Waals surface area contributed by atoms with Gasteiger partial charge in [0.25, 0.3) is 10.0 Å². The highest BCUT2D eigenvalue weighted by Crippen LogP contribution is 2.32. The second kappa shape index (κ2) is 7.83. The molecular formula is C21H16F3NO4S. The van der Waals surface area contributed by atoms with Gasteiger partial charge in [-0.3, -0.25) is 4.72 Å². The number of halogens is 3. The molecule has 3 aromatic carbocycles. The summed E-state index contributed by atoms with van der Waals surface area (Å²) in [7, 11) is -4.05. The fraction of sp³-hybridized carbons (Fsp3) is 0.0952. The van der Waals surface area contributed by atoms with Crippen molar-refractivity contribution < 1.29 is 31.5 Å². The molecule has 0 atom stereocenters. The van der Waals surface area contributed by atoms with E-state index >= 15 is 0 Å². The molecule has 9 heteroatoms. The summed E-state index contributed by atoms with van der Waals surface area (Å²) < 4.78 is 66.1. The van der Waals surface area contributed by atoms with Crippen LogP contribution in [0, 0.1) is 6.92 Å². The number of aryl methyl sites for hydroxylation is 1. The van der Waals surface area contributed by atoms with Gasteiger partial charge in [0.1, 0.15) is 0 Å². The van der Waals surface area contributed by atoms with E-state index in [1.54, 1.807) is 6.92 Å². The average Bonchev–Trinajstić information content (AvgIpc) is 2.67. The zero-order valence-corrected chi connectivity index (χ0v) is 16.4. The first kappa shape index (κ1) is 21.4. The lowest BCUT2D eigenvalue weighted by atomic mass is 10.0. The normalized spacial score (nSPS) is 11.9. The minimum Gasteiger partial charge on any atom is -0.478 e. The summed E-state index contributed by atoms with van der Waals surface area (Å²) in [6.45, 7) is 1.56. The molecule has 5 nitrogen and oxygen atoms in total. The van der Waals surface area contributed by atoms with Crippen LogP contribution in [-0.4, -0.2) is 19.5 Å². The fourth-order valence-corrected chi connectivity index (χ4v) is 3.90. The molecule has 2 N–H and O–H groups in total. The van der Waals surface area contributed by atoms with Crippen molar-refractivity contribution in [3.63, 3.8) is 0 Å². The number of carboxylic acid groups (broad SMARTS) is 1. The average molecular weight is 435 g/mol. The van der Waals surface area contributed by atoms with Crippen molar-refractivity contribution in [3.8, 4) is 11.1 Å². The smallest absolute Gasteiger partial charge is 0.416 e. The summed E-state index contributed by atoms with van der Waals surface area (Å²) >= 11 is 0. The molecule has 0 saturated carbocycles. The number of anilines is 1. The summed E-state index contributed by atoms with van der Waals surface area (Å²) in [5, 5.41) is 9.17. The van der Waals surface area contributed by atoms with Gasteiger partial charge < -0.3 is 5.11 Å². The van der Waals surface area contributed by atoms with Crippen molar-refractivity contribution in [3.05, 3.63) is 83.4 Å². The first-order valence-corrected chi connectivity index (χ1v) is 10.1. The van der Waals surface area contributed by atoms with Gasteiger partial charge in [-0.2, -0.15) is 13.2 Å². The van der Waals surface area contributed by atoms with Crippen LogP contribution in [0.2, 0.25) is 0 Å². The van der Waals surface area contributed by atoms with E-state index < -0.39 is 27.7 Å². The largest absolute Gasteiger partial charge is 0.478 e. The number of sulfonamides is 1. The fourth-order valence-electron chi connectivity index (χ4n) is 2.82. The third kappa shape index (κ3) is 4.62. The molecular weight excluding hydrogens is 419 g/mol. The molecule has 0 aromatic heterocycles. The number of hydrogen-bond donors (Lipinski definition) is 2. The van der Waals surface area contributed by atoms with E-state index in [1.165, 1.54) is 48.5 Å². The Morgan fingerprint density at radius 3 is 2.20 bits per heavy atom. The molecule has 0 spiro atoms. The van der Waals surface area contributed by atoms with Crippen molar-refractivity contribution >= 4 is 21.7 Å². The van der Waals surface area contributed by atoms with E-state index in [-0.39, 0.29) is 16.1 Å². The van der Waals surface area contributed by atoms with Gasteiger partial charge >= 0.3 is 12.1 Å². The maximum atomic E-state index is 12.9. The van der Waals surface area contributed by atoms with E-state index in [9.17, 15) is 26.4 Å². The van der Waals surface area contributed by atoms with Crippen LogP contribution in [0.3, 0.4) is 0 Å². The number of rotatable bonds is 5. The van der Waals surface area contributed by atoms with Gasteiger partial charge in [-0.15, -0.1) is 0 Å². The van der Waals surface area contributed by atoms with Crippen LogP contribution in [0.4, 0.5) is 18.9 Å². The lowest BCUT2D eigenvalue weighted by molar-refractivity contribution is -0.137. The second-order valence-electron chi connectivity index (χ2n) is 6.54. The summed E-state index contributed by atoms with van der Waals surface area (Å²) in [4.78, 5) is 11.0. The maximum Gasteiger partial charge on any atom is 0.416 e. The van der Waals surface area contributed by atoms with Crippen LogP contribution in [0.5, 0.6) is 0 Å². The molecule has 30 heavy (non-hydrogen) atoms. The Morgan fingerprint density at radius 2 is 1.60 bits per heavy atom. The van der Waals surface area contributed by atoms with E-state index in [4.69, 9.17) is 5.11 Å². The number of alkyl halides is 3. The van der Waals surface area contributed by atoms with Crippen LogP contribution in [0.15, 0.2) is 71.6 Å². The topological polar surface area (TPSA) is 83.5 Å². The highest BCUT2D eigenvalue weighted by molar-refractivity contribution is 7.92. The van der Waals surface area contributed by atoms with E-state index in [1.807, 2.05) is 0 Å². The van der Waals surface area contributed by atoms with Gasteiger partial charge in [-0.1, -0.05) is 30.3 Å². The number of carboxylic acids is 1. The van der Waals surface area contributed by atoms with Gasteiger partial charge in [0, 0.05) is 5.69 Å². The van der Waals surface area contributed by atoms with E-state index in [0.717, 1.165) is 18.2 Å². The number of carbonyl (C=O) groups is 1. The highest BCUT2D eigenvalue weighted by Gasteiger charge is 2.30. The number of hydrogen-bond acceptors (Lipinski definition) is 3. The van der Waals surface area contributed by atoms with Crippen molar-refractivity contribution in [2.45, 2.75) is 18.0 Å². The monoisotopic (exact) mass is 435 g/mol. The summed E-state index contributed by atoms with van der Waals surface area (Å²) in [5.74, 6) is -1.24. The molecule has 0 radical (unpaired) electrons. The minimum atomic E-state index is -4.46. The van der Waals surface area contributed by atoms with E-state index in [2.05, 4.69) is 4.72 Å². The number of benzene rings is 3. The Balaban J connectivity index is 1.86. The quantitative estimate of drug-likeness (QED) is 0.579. The third-order valence-corrected chi connectivity index (χ3v) is 5.79. The Morgan fingerprint density at radius 1 is 0.933 bits per heavy atom. The summed E-state index contributed by atoms with van der Waals surface area (Å²) in [6.07, 6.45) is -4.46. The minimum absolute atomic E-state index is 0.127. The Kier molecular flexibility index (Phi) is 5.58. The van der Waals surface area contributed by atoms with Gasteiger partial charge in [-0.25, -0.2) is 13.2 Å². The summed E-state index contributed by atoms with van der Waals surface area (Å²) in [5.41, 5.74) is 0.516. The molecule has 0 bridgehead atoms. The van der Waals surface area contributed by atoms with Crippen molar-refractivity contribution in [1.29, 1.82) is 0 Å². The van der Waals surface area contributed by atoms with Crippen LogP contribution in [0.1, 0.15) is 21.5 Å². The van der Waals surface area contributed by atoms with Crippen molar-refractivity contribution in [2.24, 2.45) is 0 Å². The molecule has 0 amide bonds. The molecule has 0 heterocycles. The molecule has 0 aliphatic heterocycles. The highest BCUT2D eigenvalue weighted by atomic mass is 32.2. The molecule has 3 rings (SSSR count). The van der Waals surface area contributed by atoms with Crippen molar-refractivity contribution in [1.82, 2.24) is 0 Å². The molecule has 0 aliphatic rings. The molecule has 0 unspecified atom stereocenters. The molecule has 0 fully saturated rings. The second-order valence-corrected chi connectivity index (χ2v) is 8.23. The molecule has 3 aromatic rings. The number of nitrogens with one attached hydrogen (secondary N) is 1. The van der Waals surface area contributed by atoms with Crippen LogP contribution >= 0.6 is 0 Å². The van der Waals surface area contributed by atoms with Gasteiger partial charge in [0.15, 0.2) is 0 Å². The van der Waals surface area contributed by atoms with Crippen molar-refractivity contribution in [2.75, 3.05) is 4.72 Å². The maximum absolute atomic E-state index is 12.9. The lowest BCUT2D eigenvalue weighted by Crippen LogP contribution is -2.14. The van der Waals surface area contributed by atoms with Gasteiger partial charge in [0.05, 0.1) is 16.0 Å². The van der Waals surface area contributed by atoms with Crippen LogP contribution in [-0.2, 0) is 16.2 Å². The first-order chi connectivity index (χ1) is 14.0. The van der Waals surface area contributed by atoms with Crippen LogP contribution < -0.4 is 4.72 Å².